The maximum absolute atomic E-state index is 13.4. The van der Waals surface area contributed by atoms with Crippen LogP contribution in [0.1, 0.15) is 24.3 Å². The minimum absolute atomic E-state index is 0.0435. The van der Waals surface area contributed by atoms with Crippen molar-refractivity contribution < 1.29 is 19.0 Å². The largest absolute Gasteiger partial charge is 0.493 e. The van der Waals surface area contributed by atoms with Gasteiger partial charge in [-0.3, -0.25) is 4.79 Å². The van der Waals surface area contributed by atoms with Gasteiger partial charge in [-0.25, -0.2) is 4.39 Å². The quantitative estimate of drug-likeness (QED) is 0.831. The van der Waals surface area contributed by atoms with Crippen molar-refractivity contribution in [1.82, 2.24) is 0 Å². The molecule has 1 aliphatic heterocycles. The molecule has 0 radical (unpaired) electrons. The number of hydrogen-bond donors (Lipinski definition) is 1. The number of hydrogen-bond acceptors (Lipinski definition) is 2. The van der Waals surface area contributed by atoms with E-state index in [1.807, 2.05) is 0 Å². The fourth-order valence-corrected chi connectivity index (χ4v) is 1.84. The third-order valence-electron chi connectivity index (χ3n) is 2.57. The van der Waals surface area contributed by atoms with E-state index in [0.717, 1.165) is 0 Å². The summed E-state index contributed by atoms with van der Waals surface area (Å²) in [6, 6.07) is 4.67. The Bertz CT molecular complexity index is 389. The molecular weight excluding hydrogens is 199 g/mol. The van der Waals surface area contributed by atoms with Gasteiger partial charge in [-0.15, -0.1) is 0 Å². The zero-order valence-corrected chi connectivity index (χ0v) is 8.07. The highest BCUT2D eigenvalue weighted by molar-refractivity contribution is 5.66. The monoisotopic (exact) mass is 210 g/mol. The number of rotatable bonds is 3. The number of carboxylic acid groups (broad SMARTS) is 1. The van der Waals surface area contributed by atoms with Crippen molar-refractivity contribution in [3.05, 3.63) is 29.6 Å². The van der Waals surface area contributed by atoms with E-state index in [4.69, 9.17) is 9.84 Å². The molecule has 2 rings (SSSR count). The van der Waals surface area contributed by atoms with Crippen LogP contribution in [-0.4, -0.2) is 17.7 Å². The second-order valence-corrected chi connectivity index (χ2v) is 3.59. The lowest BCUT2D eigenvalue weighted by Gasteiger charge is -2.06. The predicted molar refractivity (Wildman–Crippen MR) is 51.5 cm³/mol. The summed E-state index contributed by atoms with van der Waals surface area (Å²) in [6.45, 7) is 0.379. The average Bonchev–Trinajstić information content (AvgIpc) is 2.59. The van der Waals surface area contributed by atoms with Gasteiger partial charge in [0.1, 0.15) is 11.6 Å². The van der Waals surface area contributed by atoms with E-state index in [9.17, 15) is 9.18 Å². The van der Waals surface area contributed by atoms with E-state index >= 15 is 0 Å². The smallest absolute Gasteiger partial charge is 0.303 e. The summed E-state index contributed by atoms with van der Waals surface area (Å²) in [5, 5.41) is 8.56. The van der Waals surface area contributed by atoms with Crippen molar-refractivity contribution in [3.8, 4) is 5.75 Å². The van der Waals surface area contributed by atoms with Gasteiger partial charge in [0.2, 0.25) is 0 Å². The lowest BCUT2D eigenvalue weighted by atomic mass is 9.96. The Morgan fingerprint density at radius 2 is 2.40 bits per heavy atom. The summed E-state index contributed by atoms with van der Waals surface area (Å²) in [5.74, 6) is -0.747. The van der Waals surface area contributed by atoms with Crippen molar-refractivity contribution in [1.29, 1.82) is 0 Å². The third kappa shape index (κ3) is 1.93. The number of carboxylic acids is 1. The van der Waals surface area contributed by atoms with Gasteiger partial charge in [0, 0.05) is 17.9 Å². The first-order valence-electron chi connectivity index (χ1n) is 4.81. The van der Waals surface area contributed by atoms with Crippen LogP contribution < -0.4 is 4.74 Å². The summed E-state index contributed by atoms with van der Waals surface area (Å²) in [4.78, 5) is 10.4. The minimum atomic E-state index is -0.861. The Kier molecular flexibility index (Phi) is 2.58. The third-order valence-corrected chi connectivity index (χ3v) is 2.57. The molecule has 80 valence electrons. The average molecular weight is 210 g/mol. The number of carbonyl (C=O) groups is 1. The molecule has 1 aliphatic rings. The van der Waals surface area contributed by atoms with Crippen LogP contribution in [0.2, 0.25) is 0 Å². The predicted octanol–water partition coefficient (Wildman–Crippen LogP) is 2.17. The molecule has 1 atom stereocenters. The van der Waals surface area contributed by atoms with Crippen LogP contribution in [-0.2, 0) is 4.79 Å². The molecule has 15 heavy (non-hydrogen) atoms. The normalized spacial score (nSPS) is 18.3. The van der Waals surface area contributed by atoms with E-state index in [0.29, 0.717) is 24.3 Å². The first-order chi connectivity index (χ1) is 7.18. The lowest BCUT2D eigenvalue weighted by Crippen LogP contribution is -2.05. The highest BCUT2D eigenvalue weighted by Gasteiger charge is 2.27. The van der Waals surface area contributed by atoms with Crippen molar-refractivity contribution in [3.63, 3.8) is 0 Å². The highest BCUT2D eigenvalue weighted by Crippen LogP contribution is 2.37. The van der Waals surface area contributed by atoms with Crippen molar-refractivity contribution in [2.24, 2.45) is 0 Å². The van der Waals surface area contributed by atoms with Gasteiger partial charge in [0.25, 0.3) is 0 Å². The van der Waals surface area contributed by atoms with Gasteiger partial charge in [0.05, 0.1) is 6.61 Å². The second kappa shape index (κ2) is 3.88. The molecule has 1 N–H and O–H groups in total. The Labute approximate surface area is 86.5 Å². The molecule has 0 saturated heterocycles. The Morgan fingerprint density at radius 3 is 3.13 bits per heavy atom. The second-order valence-electron chi connectivity index (χ2n) is 3.59. The fourth-order valence-electron chi connectivity index (χ4n) is 1.84. The van der Waals surface area contributed by atoms with Crippen LogP contribution in [0.4, 0.5) is 4.39 Å². The Hall–Kier alpha value is -1.58. The van der Waals surface area contributed by atoms with Gasteiger partial charge in [-0.2, -0.15) is 0 Å². The first-order valence-corrected chi connectivity index (χ1v) is 4.81. The van der Waals surface area contributed by atoms with Crippen molar-refractivity contribution in [2.45, 2.75) is 18.8 Å². The van der Waals surface area contributed by atoms with Crippen molar-refractivity contribution >= 4 is 5.97 Å². The molecule has 0 aliphatic carbocycles. The zero-order valence-electron chi connectivity index (χ0n) is 8.07. The fraction of sp³-hybridized carbons (Fsp3) is 0.364. The molecule has 4 heteroatoms. The number of fused-ring (bicyclic) bond motifs is 1. The van der Waals surface area contributed by atoms with Gasteiger partial charge < -0.3 is 9.84 Å². The molecule has 1 aromatic rings. The highest BCUT2D eigenvalue weighted by atomic mass is 19.1. The number of ether oxygens (including phenoxy) is 1. The summed E-state index contributed by atoms with van der Waals surface area (Å²) in [7, 11) is 0. The standard InChI is InChI=1S/C11H11FO3/c12-8-2-1-3-9-11(8)7(6-15-9)4-5-10(13)14/h1-3,7H,4-6H2,(H,13,14). The molecule has 1 unspecified atom stereocenters. The molecule has 0 spiro atoms. The van der Waals surface area contributed by atoms with Gasteiger partial charge in [0.15, 0.2) is 0 Å². The summed E-state index contributed by atoms with van der Waals surface area (Å²) < 4.78 is 18.7. The zero-order chi connectivity index (χ0) is 10.8. The number of benzene rings is 1. The van der Waals surface area contributed by atoms with E-state index in [2.05, 4.69) is 0 Å². The molecule has 0 bridgehead atoms. The minimum Gasteiger partial charge on any atom is -0.493 e. The van der Waals surface area contributed by atoms with E-state index in [1.54, 1.807) is 12.1 Å². The van der Waals surface area contributed by atoms with Crippen molar-refractivity contribution in [2.75, 3.05) is 6.61 Å². The summed E-state index contributed by atoms with van der Waals surface area (Å²) >= 11 is 0. The van der Waals surface area contributed by atoms with Crippen LogP contribution >= 0.6 is 0 Å². The van der Waals surface area contributed by atoms with Gasteiger partial charge in [-0.1, -0.05) is 6.07 Å². The number of aliphatic carboxylic acids is 1. The molecule has 1 heterocycles. The summed E-state index contributed by atoms with van der Waals surface area (Å²) in [6.07, 6.45) is 0.463. The van der Waals surface area contributed by atoms with Gasteiger partial charge >= 0.3 is 5.97 Å². The van der Waals surface area contributed by atoms with Crippen LogP contribution in [0.15, 0.2) is 18.2 Å². The lowest BCUT2D eigenvalue weighted by molar-refractivity contribution is -0.137. The number of halogens is 1. The first kappa shape index (κ1) is 9.96. The van der Waals surface area contributed by atoms with Crippen LogP contribution in [0.3, 0.4) is 0 Å². The van der Waals surface area contributed by atoms with E-state index in [-0.39, 0.29) is 18.2 Å². The van der Waals surface area contributed by atoms with Gasteiger partial charge in [-0.05, 0) is 18.6 Å². The van der Waals surface area contributed by atoms with E-state index in [1.165, 1.54) is 6.07 Å². The molecule has 0 saturated carbocycles. The molecule has 0 aromatic heterocycles. The summed E-state index contributed by atoms with van der Waals surface area (Å²) in [5.41, 5.74) is 0.527. The van der Waals surface area contributed by atoms with Crippen LogP contribution in [0, 0.1) is 5.82 Å². The van der Waals surface area contributed by atoms with Crippen LogP contribution in [0.25, 0.3) is 0 Å². The Morgan fingerprint density at radius 1 is 1.60 bits per heavy atom. The SMILES string of the molecule is O=C(O)CCC1COc2cccc(F)c21. The maximum atomic E-state index is 13.4. The van der Waals surface area contributed by atoms with Crippen LogP contribution in [0.5, 0.6) is 5.75 Å². The molecule has 3 nitrogen and oxygen atoms in total. The maximum Gasteiger partial charge on any atom is 0.303 e. The molecule has 0 fully saturated rings. The Balaban J connectivity index is 2.17. The molecule has 1 aromatic carbocycles. The topological polar surface area (TPSA) is 46.5 Å². The molecular formula is C11H11FO3. The molecule has 0 amide bonds. The van der Waals surface area contributed by atoms with E-state index < -0.39 is 5.97 Å².